The molecule has 1 aliphatic carbocycles. The molecule has 9 heteroatoms. The number of rotatable bonds is 6. The molecule has 2 aromatic rings. The average Bonchev–Trinajstić information content (AvgIpc) is 3.24. The van der Waals surface area contributed by atoms with E-state index in [-0.39, 0.29) is 16.7 Å². The Bertz CT molecular complexity index is 971. The lowest BCUT2D eigenvalue weighted by atomic mass is 10.1. The number of hydrogen-bond acceptors (Lipinski definition) is 5. The monoisotopic (exact) mass is 437 g/mol. The van der Waals surface area contributed by atoms with E-state index in [2.05, 4.69) is 14.6 Å². The van der Waals surface area contributed by atoms with Crippen molar-refractivity contribution in [3.63, 3.8) is 0 Å². The number of halogens is 2. The Morgan fingerprint density at radius 2 is 1.67 bits per heavy atom. The lowest BCUT2D eigenvalue weighted by molar-refractivity contribution is -0.0195. The zero-order chi connectivity index (χ0) is 21.1. The Hall–Kier alpha value is -2.26. The van der Waals surface area contributed by atoms with Gasteiger partial charge in [-0.15, -0.1) is 0 Å². The molecule has 1 aliphatic heterocycles. The summed E-state index contributed by atoms with van der Waals surface area (Å²) in [6.45, 7) is 1.62. The summed E-state index contributed by atoms with van der Waals surface area (Å²) in [5.74, 6) is -1.45. The molecule has 6 nitrogen and oxygen atoms in total. The van der Waals surface area contributed by atoms with E-state index in [1.807, 2.05) is 0 Å². The van der Waals surface area contributed by atoms with Crippen molar-refractivity contribution in [2.45, 2.75) is 55.6 Å². The zero-order valence-corrected chi connectivity index (χ0v) is 17.4. The van der Waals surface area contributed by atoms with Gasteiger partial charge in [0.05, 0.1) is 17.9 Å². The van der Waals surface area contributed by atoms with E-state index in [1.165, 1.54) is 25.1 Å². The molecule has 2 aliphatic rings. The molecule has 2 fully saturated rings. The quantitative estimate of drug-likeness (QED) is 0.737. The normalized spacial score (nSPS) is 18.7. The van der Waals surface area contributed by atoms with Crippen molar-refractivity contribution >= 4 is 21.5 Å². The molecule has 1 saturated carbocycles. The summed E-state index contributed by atoms with van der Waals surface area (Å²) < 4.78 is 59.8. The second-order valence-electron chi connectivity index (χ2n) is 7.82. The van der Waals surface area contributed by atoms with E-state index in [0.29, 0.717) is 11.9 Å². The molecule has 1 saturated heterocycles. The van der Waals surface area contributed by atoms with Gasteiger partial charge in [-0.3, -0.25) is 4.72 Å². The summed E-state index contributed by atoms with van der Waals surface area (Å²) in [5, 5.41) is 0. The van der Waals surface area contributed by atoms with Gasteiger partial charge in [0.2, 0.25) is 0 Å². The van der Waals surface area contributed by atoms with Crippen LogP contribution >= 0.6 is 0 Å². The minimum Gasteiger partial charge on any atom is -0.375 e. The molecule has 162 valence electrons. The van der Waals surface area contributed by atoms with Crippen LogP contribution in [-0.2, 0) is 14.8 Å². The molecule has 4 rings (SSSR count). The van der Waals surface area contributed by atoms with Gasteiger partial charge in [-0.2, -0.15) is 0 Å². The predicted molar refractivity (Wildman–Crippen MR) is 110 cm³/mol. The highest BCUT2D eigenvalue weighted by Gasteiger charge is 2.25. The van der Waals surface area contributed by atoms with Crippen LogP contribution in [0.3, 0.4) is 0 Å². The molecular weight excluding hydrogens is 412 g/mol. The Kier molecular flexibility index (Phi) is 6.19. The molecule has 0 radical (unpaired) electrons. The number of benzene rings is 1. The van der Waals surface area contributed by atoms with Crippen LogP contribution in [0.15, 0.2) is 41.4 Å². The minimum atomic E-state index is -3.95. The molecule has 0 bridgehead atoms. The van der Waals surface area contributed by atoms with Crippen molar-refractivity contribution in [2.24, 2.45) is 0 Å². The predicted octanol–water partition coefficient (Wildman–Crippen LogP) is 4.09. The summed E-state index contributed by atoms with van der Waals surface area (Å²) in [6.07, 6.45) is 8.66. The standard InChI is InChI=1S/C21H25F2N3O3S/c22-19-7-5-15(13-20(19)23)25-30(27,28)18-6-8-21(24-14-18)26-11-9-17(10-12-26)29-16-3-1-2-4-16/h5-8,13-14,16-17,25H,1-4,9-12H2. The minimum absolute atomic E-state index is 0.0459. The number of pyridine rings is 1. The maximum absolute atomic E-state index is 13.3. The summed E-state index contributed by atoms with van der Waals surface area (Å²) in [6, 6.07) is 5.96. The van der Waals surface area contributed by atoms with Crippen LogP contribution < -0.4 is 9.62 Å². The van der Waals surface area contributed by atoms with E-state index in [4.69, 9.17) is 4.74 Å². The molecule has 0 atom stereocenters. The fourth-order valence-electron chi connectivity index (χ4n) is 4.01. The molecule has 0 unspecified atom stereocenters. The lowest BCUT2D eigenvalue weighted by Crippen LogP contribution is -2.38. The van der Waals surface area contributed by atoms with Crippen LogP contribution in [0.2, 0.25) is 0 Å². The summed E-state index contributed by atoms with van der Waals surface area (Å²) in [5.41, 5.74) is -0.0534. The number of nitrogens with one attached hydrogen (secondary N) is 1. The summed E-state index contributed by atoms with van der Waals surface area (Å²) in [7, 11) is -3.95. The zero-order valence-electron chi connectivity index (χ0n) is 16.6. The van der Waals surface area contributed by atoms with E-state index < -0.39 is 21.7 Å². The number of anilines is 2. The first-order chi connectivity index (χ1) is 14.4. The number of sulfonamides is 1. The molecule has 2 heterocycles. The lowest BCUT2D eigenvalue weighted by Gasteiger charge is -2.34. The first-order valence-corrected chi connectivity index (χ1v) is 11.7. The van der Waals surface area contributed by atoms with Gasteiger partial charge < -0.3 is 9.64 Å². The third-order valence-electron chi connectivity index (χ3n) is 5.66. The van der Waals surface area contributed by atoms with Crippen molar-refractivity contribution in [1.29, 1.82) is 0 Å². The molecule has 0 spiro atoms. The maximum Gasteiger partial charge on any atom is 0.263 e. The van der Waals surface area contributed by atoms with Gasteiger partial charge in [0.15, 0.2) is 11.6 Å². The number of ether oxygens (including phenoxy) is 1. The van der Waals surface area contributed by atoms with E-state index >= 15 is 0 Å². The Labute approximate surface area is 175 Å². The van der Waals surface area contributed by atoms with Crippen LogP contribution in [0, 0.1) is 11.6 Å². The number of piperidine rings is 1. The van der Waals surface area contributed by atoms with Gasteiger partial charge in [0.1, 0.15) is 10.7 Å². The summed E-state index contributed by atoms with van der Waals surface area (Å²) >= 11 is 0. The molecule has 30 heavy (non-hydrogen) atoms. The van der Waals surface area contributed by atoms with Crippen molar-refractivity contribution < 1.29 is 21.9 Å². The van der Waals surface area contributed by atoms with Gasteiger partial charge in [-0.25, -0.2) is 22.2 Å². The maximum atomic E-state index is 13.3. The third-order valence-corrected chi connectivity index (χ3v) is 7.02. The number of hydrogen-bond donors (Lipinski definition) is 1. The van der Waals surface area contributed by atoms with E-state index in [1.54, 1.807) is 6.07 Å². The highest BCUT2D eigenvalue weighted by atomic mass is 32.2. The van der Waals surface area contributed by atoms with Gasteiger partial charge in [-0.1, -0.05) is 12.8 Å². The highest BCUT2D eigenvalue weighted by molar-refractivity contribution is 7.92. The second kappa shape index (κ2) is 8.85. The first kappa shape index (κ1) is 21.0. The second-order valence-corrected chi connectivity index (χ2v) is 9.50. The topological polar surface area (TPSA) is 71.5 Å². The largest absolute Gasteiger partial charge is 0.375 e. The fourth-order valence-corrected chi connectivity index (χ4v) is 5.00. The van der Waals surface area contributed by atoms with E-state index in [9.17, 15) is 17.2 Å². The highest BCUT2D eigenvalue weighted by Crippen LogP contribution is 2.27. The SMILES string of the molecule is O=S(=O)(Nc1ccc(F)c(F)c1)c1ccc(N2CCC(OC3CCCC3)CC2)nc1. The average molecular weight is 438 g/mol. The molecule has 1 aromatic heterocycles. The van der Waals surface area contributed by atoms with Gasteiger partial charge in [0.25, 0.3) is 10.0 Å². The molecular formula is C21H25F2N3O3S. The third kappa shape index (κ3) is 4.89. The molecule has 0 amide bonds. The first-order valence-electron chi connectivity index (χ1n) is 10.2. The fraction of sp³-hybridized carbons (Fsp3) is 0.476. The van der Waals surface area contributed by atoms with Crippen LogP contribution in [-0.4, -0.2) is 38.7 Å². The number of aromatic nitrogens is 1. The molecule has 1 aromatic carbocycles. The van der Waals surface area contributed by atoms with E-state index in [0.717, 1.165) is 57.0 Å². The van der Waals surface area contributed by atoms with Crippen molar-refractivity contribution in [3.8, 4) is 0 Å². The van der Waals surface area contributed by atoms with Gasteiger partial charge >= 0.3 is 0 Å². The van der Waals surface area contributed by atoms with Gasteiger partial charge in [0, 0.05) is 25.4 Å². The van der Waals surface area contributed by atoms with Crippen molar-refractivity contribution in [3.05, 3.63) is 48.2 Å². The Balaban J connectivity index is 1.36. The Morgan fingerprint density at radius 3 is 2.30 bits per heavy atom. The van der Waals surface area contributed by atoms with Crippen molar-refractivity contribution in [1.82, 2.24) is 4.98 Å². The van der Waals surface area contributed by atoms with Crippen molar-refractivity contribution in [2.75, 3.05) is 22.7 Å². The van der Waals surface area contributed by atoms with Gasteiger partial charge in [-0.05, 0) is 49.9 Å². The Morgan fingerprint density at radius 1 is 0.967 bits per heavy atom. The number of nitrogens with zero attached hydrogens (tertiary/aromatic N) is 2. The van der Waals surface area contributed by atoms with Crippen LogP contribution in [0.5, 0.6) is 0 Å². The molecule has 1 N–H and O–H groups in total. The summed E-state index contributed by atoms with van der Waals surface area (Å²) in [4.78, 5) is 6.37. The van der Waals surface area contributed by atoms with Crippen LogP contribution in [0.4, 0.5) is 20.3 Å². The smallest absolute Gasteiger partial charge is 0.263 e. The van der Waals surface area contributed by atoms with Crippen LogP contribution in [0.25, 0.3) is 0 Å². The van der Waals surface area contributed by atoms with Crippen LogP contribution in [0.1, 0.15) is 38.5 Å².